The molecule has 2 unspecified atom stereocenters. The number of rotatable bonds is 12. The molecule has 2 rings (SSSR count). The maximum absolute atomic E-state index is 12.2. The molecule has 1 aliphatic carbocycles. The van der Waals surface area contributed by atoms with Crippen LogP contribution in [0, 0.1) is 0 Å². The van der Waals surface area contributed by atoms with E-state index >= 15 is 0 Å². The van der Waals surface area contributed by atoms with Gasteiger partial charge in [0.1, 0.15) is 0 Å². The van der Waals surface area contributed by atoms with Crippen molar-refractivity contribution in [2.24, 2.45) is 0 Å². The molecule has 158 valence electrons. The van der Waals surface area contributed by atoms with Crippen LogP contribution in [0.1, 0.15) is 56.9 Å². The van der Waals surface area contributed by atoms with Crippen molar-refractivity contribution in [2.75, 3.05) is 7.11 Å². The zero-order valence-electron chi connectivity index (χ0n) is 17.2. The molecule has 0 aliphatic heterocycles. The van der Waals surface area contributed by atoms with E-state index in [9.17, 15) is 19.8 Å². The molecule has 0 bridgehead atoms. The van der Waals surface area contributed by atoms with E-state index in [4.69, 9.17) is 0 Å². The number of aliphatic hydroxyl groups excluding tert-OH is 2. The number of Topliss-reactive ketones (excluding diaryl/α,β-unsaturated/α-hetero) is 1. The van der Waals surface area contributed by atoms with Gasteiger partial charge in [0.05, 0.1) is 19.3 Å². The van der Waals surface area contributed by atoms with Gasteiger partial charge in [-0.05, 0) is 43.2 Å². The Hall–Kier alpha value is -2.24. The molecule has 0 spiro atoms. The van der Waals surface area contributed by atoms with Crippen LogP contribution in [0.5, 0.6) is 0 Å². The average molecular weight is 401 g/mol. The van der Waals surface area contributed by atoms with Gasteiger partial charge in [-0.1, -0.05) is 55.3 Å². The molecule has 29 heavy (non-hydrogen) atoms. The summed E-state index contributed by atoms with van der Waals surface area (Å²) in [5, 5.41) is 20.5. The number of hydrogen-bond donors (Lipinski definition) is 2. The molecule has 2 atom stereocenters. The van der Waals surface area contributed by atoms with Gasteiger partial charge in [0.15, 0.2) is 5.78 Å². The van der Waals surface area contributed by atoms with Crippen LogP contribution in [-0.2, 0) is 20.7 Å². The highest BCUT2D eigenvalue weighted by atomic mass is 16.5. The van der Waals surface area contributed by atoms with Gasteiger partial charge in [-0.25, -0.2) is 0 Å². The first-order chi connectivity index (χ1) is 14.0. The zero-order valence-corrected chi connectivity index (χ0v) is 17.2. The predicted octanol–water partition coefficient (Wildman–Crippen LogP) is 3.68. The highest BCUT2D eigenvalue weighted by Gasteiger charge is 2.28. The zero-order chi connectivity index (χ0) is 21.1. The van der Waals surface area contributed by atoms with Crippen molar-refractivity contribution in [3.8, 4) is 0 Å². The number of ketones is 1. The number of benzene rings is 1. The SMILES string of the molecule is COC(=O)CCCCCCC1=C(C=CC(O)CCc2ccccc2)C(O)CC1=O. The minimum absolute atomic E-state index is 0.00881. The van der Waals surface area contributed by atoms with Crippen LogP contribution in [0.15, 0.2) is 53.6 Å². The molecule has 2 N–H and O–H groups in total. The molecular weight excluding hydrogens is 368 g/mol. The second kappa shape index (κ2) is 12.3. The lowest BCUT2D eigenvalue weighted by molar-refractivity contribution is -0.140. The second-order valence-electron chi connectivity index (χ2n) is 7.52. The lowest BCUT2D eigenvalue weighted by Crippen LogP contribution is -2.07. The molecule has 1 aliphatic rings. The number of aliphatic hydroxyl groups is 2. The fourth-order valence-corrected chi connectivity index (χ4v) is 3.56. The molecule has 1 aromatic rings. The lowest BCUT2D eigenvalue weighted by atomic mass is 10.0. The normalized spacial score (nSPS) is 17.9. The lowest BCUT2D eigenvalue weighted by Gasteiger charge is -2.08. The van der Waals surface area contributed by atoms with Crippen LogP contribution in [-0.4, -0.2) is 41.3 Å². The number of esters is 1. The largest absolute Gasteiger partial charge is 0.469 e. The van der Waals surface area contributed by atoms with E-state index in [2.05, 4.69) is 4.74 Å². The van der Waals surface area contributed by atoms with Crippen molar-refractivity contribution in [3.05, 3.63) is 59.2 Å². The van der Waals surface area contributed by atoms with E-state index in [1.165, 1.54) is 12.7 Å². The summed E-state index contributed by atoms with van der Waals surface area (Å²) in [6.45, 7) is 0. The van der Waals surface area contributed by atoms with Crippen LogP contribution in [0.2, 0.25) is 0 Å². The molecule has 1 aromatic carbocycles. The predicted molar refractivity (Wildman–Crippen MR) is 112 cm³/mol. The van der Waals surface area contributed by atoms with E-state index in [0.717, 1.165) is 32.1 Å². The van der Waals surface area contributed by atoms with Crippen LogP contribution in [0.4, 0.5) is 0 Å². The van der Waals surface area contributed by atoms with Gasteiger partial charge in [-0.3, -0.25) is 9.59 Å². The van der Waals surface area contributed by atoms with E-state index in [1.54, 1.807) is 12.2 Å². The van der Waals surface area contributed by atoms with Crippen molar-refractivity contribution in [1.29, 1.82) is 0 Å². The van der Waals surface area contributed by atoms with Crippen molar-refractivity contribution >= 4 is 11.8 Å². The number of aryl methyl sites for hydroxylation is 1. The quantitative estimate of drug-likeness (QED) is 0.413. The smallest absolute Gasteiger partial charge is 0.305 e. The van der Waals surface area contributed by atoms with Gasteiger partial charge in [0.2, 0.25) is 0 Å². The second-order valence-corrected chi connectivity index (χ2v) is 7.52. The van der Waals surface area contributed by atoms with E-state index in [-0.39, 0.29) is 18.2 Å². The van der Waals surface area contributed by atoms with Crippen molar-refractivity contribution in [3.63, 3.8) is 0 Å². The molecule has 0 saturated carbocycles. The Bertz CT molecular complexity index is 720. The monoisotopic (exact) mass is 400 g/mol. The van der Waals surface area contributed by atoms with E-state index in [0.29, 0.717) is 30.4 Å². The van der Waals surface area contributed by atoms with Crippen LogP contribution in [0.3, 0.4) is 0 Å². The summed E-state index contributed by atoms with van der Waals surface area (Å²) in [5.41, 5.74) is 2.49. The Kier molecular flexibility index (Phi) is 9.81. The Morgan fingerprint density at radius 1 is 1.17 bits per heavy atom. The van der Waals surface area contributed by atoms with Crippen LogP contribution < -0.4 is 0 Å². The molecule has 5 nitrogen and oxygen atoms in total. The molecule has 0 heterocycles. The number of allylic oxidation sites excluding steroid dienone is 1. The number of hydrogen-bond acceptors (Lipinski definition) is 5. The Morgan fingerprint density at radius 2 is 1.90 bits per heavy atom. The highest BCUT2D eigenvalue weighted by Crippen LogP contribution is 2.29. The third-order valence-corrected chi connectivity index (χ3v) is 5.28. The van der Waals surface area contributed by atoms with Crippen LogP contribution >= 0.6 is 0 Å². The summed E-state index contributed by atoms with van der Waals surface area (Å²) in [5.74, 6) is -0.203. The summed E-state index contributed by atoms with van der Waals surface area (Å²) in [7, 11) is 1.39. The van der Waals surface area contributed by atoms with E-state index in [1.807, 2.05) is 30.3 Å². The molecule has 0 fully saturated rings. The minimum atomic E-state index is -0.783. The molecule has 0 radical (unpaired) electrons. The first kappa shape index (κ1) is 23.0. The van der Waals surface area contributed by atoms with Gasteiger partial charge in [0, 0.05) is 18.4 Å². The third-order valence-electron chi connectivity index (χ3n) is 5.28. The molecular formula is C24H32O5. The molecule has 0 saturated heterocycles. The molecule has 5 heteroatoms. The van der Waals surface area contributed by atoms with Crippen molar-refractivity contribution in [2.45, 2.75) is 70.0 Å². The summed E-state index contributed by atoms with van der Waals surface area (Å²) in [4.78, 5) is 23.3. The van der Waals surface area contributed by atoms with Gasteiger partial charge < -0.3 is 14.9 Å². The number of carbonyl (C=O) groups excluding carboxylic acids is 2. The number of carbonyl (C=O) groups is 2. The highest BCUT2D eigenvalue weighted by molar-refractivity contribution is 6.00. The van der Waals surface area contributed by atoms with Crippen molar-refractivity contribution < 1.29 is 24.5 Å². The minimum Gasteiger partial charge on any atom is -0.469 e. The summed E-state index contributed by atoms with van der Waals surface area (Å²) >= 11 is 0. The maximum atomic E-state index is 12.2. The third kappa shape index (κ3) is 7.95. The Labute approximate surface area is 173 Å². The number of ether oxygens (including phenoxy) is 1. The first-order valence-corrected chi connectivity index (χ1v) is 10.4. The van der Waals surface area contributed by atoms with Gasteiger partial charge in [0.25, 0.3) is 0 Å². The topological polar surface area (TPSA) is 83.8 Å². The van der Waals surface area contributed by atoms with Crippen LogP contribution in [0.25, 0.3) is 0 Å². The van der Waals surface area contributed by atoms with E-state index < -0.39 is 12.2 Å². The first-order valence-electron chi connectivity index (χ1n) is 10.4. The summed E-state index contributed by atoms with van der Waals surface area (Å²) < 4.78 is 4.62. The summed E-state index contributed by atoms with van der Waals surface area (Å²) in [6.07, 6.45) is 7.96. The molecule has 0 aromatic heterocycles. The Balaban J connectivity index is 1.82. The van der Waals surface area contributed by atoms with Gasteiger partial charge in [-0.15, -0.1) is 0 Å². The standard InChI is InChI=1S/C24H32O5/c1-29-24(28)12-8-3-2-7-11-20-21(23(27)17-22(20)26)16-15-19(25)14-13-18-9-5-4-6-10-18/h4-6,9-10,15-16,19,23,25,27H,2-3,7-8,11-14,17H2,1H3. The maximum Gasteiger partial charge on any atom is 0.305 e. The fraction of sp³-hybridized carbons (Fsp3) is 0.500. The fourth-order valence-electron chi connectivity index (χ4n) is 3.56. The average Bonchev–Trinajstić information content (AvgIpc) is 3.00. The van der Waals surface area contributed by atoms with Gasteiger partial charge in [-0.2, -0.15) is 0 Å². The number of unbranched alkanes of at least 4 members (excludes halogenated alkanes) is 3. The molecule has 0 amide bonds. The van der Waals surface area contributed by atoms with Gasteiger partial charge >= 0.3 is 5.97 Å². The Morgan fingerprint density at radius 3 is 2.62 bits per heavy atom. The summed E-state index contributed by atoms with van der Waals surface area (Å²) in [6, 6.07) is 9.98. The van der Waals surface area contributed by atoms with Crippen molar-refractivity contribution in [1.82, 2.24) is 0 Å². The number of methoxy groups -OCH3 is 1.